The SMILES string of the molecule is CCCC(=O)N(Cc1nc2ccc3cc4c(cc3c2[nH]1)OCc1cc(-c2cnc(CN(C(=O)C[C@@H](C)CC)[C@@H](C)CC)[nH]2)ccc1-4)[C@@H](C)CC. The van der Waals surface area contributed by atoms with Crippen LogP contribution >= 0.6 is 0 Å². The minimum absolute atomic E-state index is 0.143. The van der Waals surface area contributed by atoms with Gasteiger partial charge in [0.1, 0.15) is 24.0 Å². The zero-order valence-corrected chi connectivity index (χ0v) is 30.7. The number of nitrogens with one attached hydrogen (secondary N) is 2. The molecule has 50 heavy (non-hydrogen) atoms. The monoisotopic (exact) mass is 676 g/mol. The maximum atomic E-state index is 13.2. The van der Waals surface area contributed by atoms with Crippen LogP contribution in [0.25, 0.3) is 44.2 Å². The summed E-state index contributed by atoms with van der Waals surface area (Å²) >= 11 is 0. The minimum atomic E-state index is 0.143. The number of imidazole rings is 2. The van der Waals surface area contributed by atoms with Gasteiger partial charge in [0.05, 0.1) is 36.0 Å². The van der Waals surface area contributed by atoms with E-state index in [2.05, 4.69) is 99.0 Å². The van der Waals surface area contributed by atoms with Gasteiger partial charge in [-0.1, -0.05) is 59.2 Å². The van der Waals surface area contributed by atoms with Gasteiger partial charge in [0.2, 0.25) is 11.8 Å². The number of benzene rings is 3. The number of carbonyl (C=O) groups excluding carboxylic acids is 2. The molecular formula is C41H52N6O3. The van der Waals surface area contributed by atoms with E-state index in [1.54, 1.807) is 0 Å². The lowest BCUT2D eigenvalue weighted by molar-refractivity contribution is -0.135. The first-order valence-electron chi connectivity index (χ1n) is 18.5. The van der Waals surface area contributed by atoms with E-state index in [1.165, 1.54) is 0 Å². The van der Waals surface area contributed by atoms with Crippen molar-refractivity contribution in [2.75, 3.05) is 0 Å². The number of amides is 2. The van der Waals surface area contributed by atoms with E-state index < -0.39 is 0 Å². The molecule has 3 heterocycles. The Hall–Kier alpha value is -4.66. The molecule has 9 nitrogen and oxygen atoms in total. The Morgan fingerprint density at radius 2 is 1.58 bits per heavy atom. The third kappa shape index (κ3) is 7.14. The summed E-state index contributed by atoms with van der Waals surface area (Å²) in [4.78, 5) is 46.6. The van der Waals surface area contributed by atoms with Gasteiger partial charge in [-0.3, -0.25) is 9.59 Å². The van der Waals surface area contributed by atoms with Gasteiger partial charge in [-0.15, -0.1) is 0 Å². The first-order chi connectivity index (χ1) is 24.1. The van der Waals surface area contributed by atoms with Crippen LogP contribution in [0.15, 0.2) is 48.7 Å². The highest BCUT2D eigenvalue weighted by molar-refractivity contribution is 6.07. The van der Waals surface area contributed by atoms with Crippen LogP contribution in [0.5, 0.6) is 5.75 Å². The van der Waals surface area contributed by atoms with Crippen LogP contribution in [0.4, 0.5) is 0 Å². The van der Waals surface area contributed by atoms with Gasteiger partial charge in [-0.05, 0) is 85.4 Å². The molecule has 2 aromatic heterocycles. The van der Waals surface area contributed by atoms with Gasteiger partial charge in [0, 0.05) is 35.9 Å². The summed E-state index contributed by atoms with van der Waals surface area (Å²) in [6, 6.07) is 15.2. The molecule has 0 saturated heterocycles. The number of ether oxygens (including phenoxy) is 1. The number of rotatable bonds is 14. The summed E-state index contributed by atoms with van der Waals surface area (Å²) in [5.41, 5.74) is 7.12. The molecule has 2 amide bonds. The molecule has 5 aromatic rings. The van der Waals surface area contributed by atoms with E-state index in [4.69, 9.17) is 9.72 Å². The molecule has 6 rings (SSSR count). The van der Waals surface area contributed by atoms with Crippen molar-refractivity contribution < 1.29 is 14.3 Å². The van der Waals surface area contributed by atoms with Gasteiger partial charge in [-0.25, -0.2) is 9.97 Å². The predicted octanol–water partition coefficient (Wildman–Crippen LogP) is 9.16. The van der Waals surface area contributed by atoms with Crippen LogP contribution in [-0.2, 0) is 29.3 Å². The molecule has 2 N–H and O–H groups in total. The lowest BCUT2D eigenvalue weighted by Crippen LogP contribution is -2.38. The Morgan fingerprint density at radius 1 is 0.840 bits per heavy atom. The molecule has 0 saturated carbocycles. The lowest BCUT2D eigenvalue weighted by Gasteiger charge is -2.29. The van der Waals surface area contributed by atoms with Crippen molar-refractivity contribution in [2.45, 2.75) is 119 Å². The van der Waals surface area contributed by atoms with Gasteiger partial charge < -0.3 is 24.5 Å². The fourth-order valence-electron chi connectivity index (χ4n) is 6.84. The highest BCUT2D eigenvalue weighted by Gasteiger charge is 2.24. The molecule has 3 aromatic carbocycles. The Bertz CT molecular complexity index is 1990. The Morgan fingerprint density at radius 3 is 2.30 bits per heavy atom. The molecule has 0 fully saturated rings. The molecule has 1 aliphatic rings. The fraction of sp³-hybridized carbons (Fsp3) is 0.463. The second-order valence-electron chi connectivity index (χ2n) is 14.1. The van der Waals surface area contributed by atoms with Gasteiger partial charge in [0.25, 0.3) is 0 Å². The number of fused-ring (bicyclic) bond motifs is 6. The smallest absolute Gasteiger partial charge is 0.223 e. The summed E-state index contributed by atoms with van der Waals surface area (Å²) < 4.78 is 6.38. The predicted molar refractivity (Wildman–Crippen MR) is 201 cm³/mol. The molecule has 264 valence electrons. The topological polar surface area (TPSA) is 107 Å². The van der Waals surface area contributed by atoms with Crippen molar-refractivity contribution in [1.29, 1.82) is 0 Å². The summed E-state index contributed by atoms with van der Waals surface area (Å²) in [6.07, 6.45) is 6.57. The van der Waals surface area contributed by atoms with E-state index in [0.717, 1.165) is 92.8 Å². The zero-order chi connectivity index (χ0) is 35.5. The van der Waals surface area contributed by atoms with Crippen molar-refractivity contribution in [3.63, 3.8) is 0 Å². The Balaban J connectivity index is 1.25. The number of hydrogen-bond donors (Lipinski definition) is 2. The van der Waals surface area contributed by atoms with E-state index in [9.17, 15) is 9.59 Å². The van der Waals surface area contributed by atoms with Crippen LogP contribution in [-0.4, -0.2) is 53.6 Å². The summed E-state index contributed by atoms with van der Waals surface area (Å²) in [5, 5.41) is 2.15. The van der Waals surface area contributed by atoms with E-state index in [1.807, 2.05) is 22.9 Å². The fourth-order valence-corrected chi connectivity index (χ4v) is 6.84. The van der Waals surface area contributed by atoms with Crippen molar-refractivity contribution in [3.8, 4) is 28.1 Å². The average molecular weight is 677 g/mol. The van der Waals surface area contributed by atoms with Crippen LogP contribution in [0.2, 0.25) is 0 Å². The molecule has 9 heteroatoms. The van der Waals surface area contributed by atoms with Crippen LogP contribution in [0.3, 0.4) is 0 Å². The Kier molecular flexibility index (Phi) is 10.6. The summed E-state index contributed by atoms with van der Waals surface area (Å²) in [6.45, 7) is 16.1. The third-order valence-corrected chi connectivity index (χ3v) is 10.6. The number of aromatic amines is 2. The largest absolute Gasteiger partial charge is 0.488 e. The molecule has 0 aliphatic carbocycles. The number of carbonyl (C=O) groups is 2. The normalized spacial score (nSPS) is 14.1. The van der Waals surface area contributed by atoms with Gasteiger partial charge in [-0.2, -0.15) is 0 Å². The van der Waals surface area contributed by atoms with E-state index in [-0.39, 0.29) is 23.9 Å². The van der Waals surface area contributed by atoms with Crippen molar-refractivity contribution in [3.05, 3.63) is 65.9 Å². The quantitative estimate of drug-likeness (QED) is 0.122. The summed E-state index contributed by atoms with van der Waals surface area (Å²) in [7, 11) is 0. The van der Waals surface area contributed by atoms with Crippen molar-refractivity contribution in [2.24, 2.45) is 5.92 Å². The summed E-state index contributed by atoms with van der Waals surface area (Å²) in [5.74, 6) is 3.14. The lowest BCUT2D eigenvalue weighted by atomic mass is 9.92. The van der Waals surface area contributed by atoms with E-state index >= 15 is 0 Å². The van der Waals surface area contributed by atoms with Crippen LogP contribution in [0.1, 0.15) is 104 Å². The number of hydrogen-bond acceptors (Lipinski definition) is 5. The number of nitrogens with zero attached hydrogens (tertiary/aromatic N) is 4. The van der Waals surface area contributed by atoms with Gasteiger partial charge in [0.15, 0.2) is 0 Å². The van der Waals surface area contributed by atoms with Crippen molar-refractivity contribution >= 4 is 33.6 Å². The second kappa shape index (κ2) is 15.1. The highest BCUT2D eigenvalue weighted by Crippen LogP contribution is 2.42. The highest BCUT2D eigenvalue weighted by atomic mass is 16.5. The molecule has 3 atom stereocenters. The van der Waals surface area contributed by atoms with Gasteiger partial charge >= 0.3 is 0 Å². The maximum absolute atomic E-state index is 13.2. The zero-order valence-electron chi connectivity index (χ0n) is 30.7. The van der Waals surface area contributed by atoms with Crippen LogP contribution in [0, 0.1) is 5.92 Å². The number of aromatic nitrogens is 4. The first kappa shape index (κ1) is 35.2. The third-order valence-electron chi connectivity index (χ3n) is 10.6. The first-order valence-corrected chi connectivity index (χ1v) is 18.5. The van der Waals surface area contributed by atoms with Crippen LogP contribution < -0.4 is 4.74 Å². The standard InChI is InChI=1S/C41H52N6O3/c1-8-12-39(48)46(26(6)10-3)23-38-43-34-16-14-28-19-33-31-15-13-29(18-30(31)24-50-36(33)20-32(28)41(34)45-38)35-21-42-37(44-35)22-47(27(7)11-4)40(49)17-25(5)9-2/h13-16,18-21,25-27H,8-12,17,22-24H2,1-7H3,(H,42,44)(H,43,45)/t25-,26-,27-/m0/s1. The molecule has 0 radical (unpaired) electrons. The molecular weight excluding hydrogens is 624 g/mol. The average Bonchev–Trinajstić information content (AvgIpc) is 3.78. The van der Waals surface area contributed by atoms with Crippen molar-refractivity contribution in [1.82, 2.24) is 29.7 Å². The Labute approximate surface area is 295 Å². The molecule has 0 spiro atoms. The van der Waals surface area contributed by atoms with E-state index in [0.29, 0.717) is 38.5 Å². The maximum Gasteiger partial charge on any atom is 0.223 e. The molecule has 1 aliphatic heterocycles. The molecule has 0 bridgehead atoms. The second-order valence-corrected chi connectivity index (χ2v) is 14.1. The minimum Gasteiger partial charge on any atom is -0.488 e. The molecule has 0 unspecified atom stereocenters. The number of H-pyrrole nitrogens is 2.